The van der Waals surface area contributed by atoms with Crippen LogP contribution in [0.25, 0.3) is 11.4 Å². The topological polar surface area (TPSA) is 28.7 Å². The number of nitrogens with zero attached hydrogens (tertiary/aromatic N) is 1. The Morgan fingerprint density at radius 1 is 1.00 bits per heavy atom. The van der Waals surface area contributed by atoms with Crippen LogP contribution in [-0.4, -0.2) is 9.97 Å². The van der Waals surface area contributed by atoms with E-state index in [-0.39, 0.29) is 24.8 Å². The van der Waals surface area contributed by atoms with Gasteiger partial charge in [0.15, 0.2) is 0 Å². The Kier molecular flexibility index (Phi) is 5.40. The molecule has 2 nitrogen and oxygen atoms in total. The van der Waals surface area contributed by atoms with Gasteiger partial charge in [0.25, 0.3) is 0 Å². The average Bonchev–Trinajstić information content (AvgIpc) is 2.53. The van der Waals surface area contributed by atoms with Crippen LogP contribution >= 0.6 is 24.8 Å². The minimum absolute atomic E-state index is 0. The van der Waals surface area contributed by atoms with E-state index in [1.54, 1.807) is 6.20 Å². The van der Waals surface area contributed by atoms with Crippen molar-refractivity contribution in [2.75, 3.05) is 0 Å². The van der Waals surface area contributed by atoms with E-state index in [2.05, 4.69) is 42.0 Å². The molecular formula is C11H14Cl2N2. The number of imidazole rings is 1. The molecule has 1 N–H and O–H groups in total. The second-order valence-corrected chi connectivity index (χ2v) is 3.31. The molecule has 82 valence electrons. The van der Waals surface area contributed by atoms with Gasteiger partial charge in [-0.05, 0) is 26.0 Å². The zero-order valence-electron chi connectivity index (χ0n) is 8.65. The van der Waals surface area contributed by atoms with Gasteiger partial charge in [-0.3, -0.25) is 0 Å². The van der Waals surface area contributed by atoms with Crippen LogP contribution in [0.3, 0.4) is 0 Å². The molecule has 0 atom stereocenters. The highest BCUT2D eigenvalue weighted by Crippen LogP contribution is 2.17. The highest BCUT2D eigenvalue weighted by atomic mass is 35.5. The van der Waals surface area contributed by atoms with Gasteiger partial charge in [0, 0.05) is 18.0 Å². The molecule has 0 spiro atoms. The van der Waals surface area contributed by atoms with Crippen LogP contribution in [0.1, 0.15) is 11.1 Å². The van der Waals surface area contributed by atoms with E-state index in [0.717, 1.165) is 11.4 Å². The maximum atomic E-state index is 4.21. The van der Waals surface area contributed by atoms with E-state index in [1.807, 2.05) is 6.20 Å². The molecule has 0 radical (unpaired) electrons. The van der Waals surface area contributed by atoms with Crippen molar-refractivity contribution in [3.8, 4) is 11.4 Å². The minimum atomic E-state index is 0. The van der Waals surface area contributed by atoms with E-state index in [9.17, 15) is 0 Å². The quantitative estimate of drug-likeness (QED) is 0.817. The van der Waals surface area contributed by atoms with E-state index in [0.29, 0.717) is 0 Å². The number of aromatic amines is 1. The van der Waals surface area contributed by atoms with Gasteiger partial charge in [-0.2, -0.15) is 0 Å². The number of H-pyrrole nitrogens is 1. The van der Waals surface area contributed by atoms with Gasteiger partial charge in [0.05, 0.1) is 0 Å². The molecule has 0 saturated carbocycles. The van der Waals surface area contributed by atoms with Crippen molar-refractivity contribution in [2.24, 2.45) is 0 Å². The number of benzene rings is 1. The molecule has 15 heavy (non-hydrogen) atoms. The largest absolute Gasteiger partial charge is 0.345 e. The van der Waals surface area contributed by atoms with Gasteiger partial charge in [-0.25, -0.2) is 4.98 Å². The predicted octanol–water partition coefficient (Wildman–Crippen LogP) is 3.54. The molecule has 0 amide bonds. The Morgan fingerprint density at radius 2 is 1.60 bits per heavy atom. The molecule has 4 heteroatoms. The first kappa shape index (κ1) is 14.0. The van der Waals surface area contributed by atoms with Gasteiger partial charge in [-0.15, -0.1) is 24.8 Å². The van der Waals surface area contributed by atoms with Crippen LogP contribution < -0.4 is 0 Å². The van der Waals surface area contributed by atoms with E-state index in [1.165, 1.54) is 11.1 Å². The molecule has 2 aromatic rings. The summed E-state index contributed by atoms with van der Waals surface area (Å²) in [7, 11) is 0. The lowest BCUT2D eigenvalue weighted by Gasteiger charge is -2.01. The predicted molar refractivity (Wildman–Crippen MR) is 68.0 cm³/mol. The molecule has 0 bridgehead atoms. The highest BCUT2D eigenvalue weighted by molar-refractivity contribution is 5.85. The molecular weight excluding hydrogens is 231 g/mol. The van der Waals surface area contributed by atoms with Crippen LogP contribution in [0.5, 0.6) is 0 Å². The summed E-state index contributed by atoms with van der Waals surface area (Å²) in [5.74, 6) is 0.937. The third-order valence-electron chi connectivity index (χ3n) is 1.99. The Hall–Kier alpha value is -0.990. The lowest BCUT2D eigenvalue weighted by molar-refractivity contribution is 1.28. The van der Waals surface area contributed by atoms with Crippen molar-refractivity contribution in [3.63, 3.8) is 0 Å². The van der Waals surface area contributed by atoms with E-state index in [4.69, 9.17) is 0 Å². The summed E-state index contributed by atoms with van der Waals surface area (Å²) in [6.07, 6.45) is 3.61. The molecule has 0 aliphatic heterocycles. The van der Waals surface area contributed by atoms with Gasteiger partial charge < -0.3 is 4.98 Å². The van der Waals surface area contributed by atoms with E-state index < -0.39 is 0 Å². The highest BCUT2D eigenvalue weighted by Gasteiger charge is 2.00. The van der Waals surface area contributed by atoms with Crippen molar-refractivity contribution in [1.82, 2.24) is 9.97 Å². The minimum Gasteiger partial charge on any atom is -0.345 e. The van der Waals surface area contributed by atoms with Crippen LogP contribution in [0.4, 0.5) is 0 Å². The molecule has 1 aromatic heterocycles. The third kappa shape index (κ3) is 3.26. The fourth-order valence-corrected chi connectivity index (χ4v) is 1.53. The van der Waals surface area contributed by atoms with Crippen LogP contribution in [-0.2, 0) is 0 Å². The van der Waals surface area contributed by atoms with Gasteiger partial charge in [0.1, 0.15) is 5.82 Å². The Labute approximate surface area is 102 Å². The van der Waals surface area contributed by atoms with Crippen LogP contribution in [0, 0.1) is 13.8 Å². The monoisotopic (exact) mass is 244 g/mol. The summed E-state index contributed by atoms with van der Waals surface area (Å²) in [5, 5.41) is 0. The molecule has 0 aliphatic rings. The van der Waals surface area contributed by atoms with Crippen LogP contribution in [0.2, 0.25) is 0 Å². The lowest BCUT2D eigenvalue weighted by atomic mass is 10.1. The summed E-state index contributed by atoms with van der Waals surface area (Å²) in [6.45, 7) is 4.19. The summed E-state index contributed by atoms with van der Waals surface area (Å²) in [4.78, 5) is 7.31. The van der Waals surface area contributed by atoms with Crippen molar-refractivity contribution >= 4 is 24.8 Å². The molecule has 1 aromatic carbocycles. The third-order valence-corrected chi connectivity index (χ3v) is 1.99. The number of nitrogens with one attached hydrogen (secondary N) is 1. The number of aromatic nitrogens is 2. The van der Waals surface area contributed by atoms with Gasteiger partial charge in [-0.1, -0.05) is 17.2 Å². The SMILES string of the molecule is Cc1cc(C)cc(-c2ncc[nH]2)c1.Cl.Cl. The Balaban J connectivity index is 0.000000980. The number of hydrogen-bond donors (Lipinski definition) is 1. The first-order valence-electron chi connectivity index (χ1n) is 4.34. The average molecular weight is 245 g/mol. The van der Waals surface area contributed by atoms with Crippen LogP contribution in [0.15, 0.2) is 30.6 Å². The van der Waals surface area contributed by atoms with Crippen molar-refractivity contribution in [2.45, 2.75) is 13.8 Å². The van der Waals surface area contributed by atoms with Gasteiger partial charge in [0.2, 0.25) is 0 Å². The first-order chi connectivity index (χ1) is 6.25. The zero-order chi connectivity index (χ0) is 9.26. The van der Waals surface area contributed by atoms with E-state index >= 15 is 0 Å². The molecule has 0 saturated heterocycles. The molecule has 2 rings (SSSR count). The summed E-state index contributed by atoms with van der Waals surface area (Å²) in [5.41, 5.74) is 3.69. The number of halogens is 2. The normalized spacial score (nSPS) is 8.93. The maximum absolute atomic E-state index is 4.21. The number of aryl methyl sites for hydroxylation is 2. The molecule has 1 heterocycles. The maximum Gasteiger partial charge on any atom is 0.137 e. The summed E-state index contributed by atoms with van der Waals surface area (Å²) in [6, 6.07) is 6.42. The smallest absolute Gasteiger partial charge is 0.137 e. The van der Waals surface area contributed by atoms with Crippen molar-refractivity contribution in [3.05, 3.63) is 41.7 Å². The fourth-order valence-electron chi connectivity index (χ4n) is 1.53. The first-order valence-corrected chi connectivity index (χ1v) is 4.34. The number of hydrogen-bond acceptors (Lipinski definition) is 1. The Morgan fingerprint density at radius 3 is 2.07 bits per heavy atom. The van der Waals surface area contributed by atoms with Gasteiger partial charge >= 0.3 is 0 Å². The summed E-state index contributed by atoms with van der Waals surface area (Å²) < 4.78 is 0. The second-order valence-electron chi connectivity index (χ2n) is 3.31. The number of rotatable bonds is 1. The van der Waals surface area contributed by atoms with Crippen molar-refractivity contribution < 1.29 is 0 Å². The summed E-state index contributed by atoms with van der Waals surface area (Å²) >= 11 is 0. The zero-order valence-corrected chi connectivity index (χ0v) is 10.3. The molecule has 0 unspecified atom stereocenters. The fraction of sp³-hybridized carbons (Fsp3) is 0.182. The Bertz CT molecular complexity index is 390. The molecule has 0 aliphatic carbocycles. The molecule has 0 fully saturated rings. The second kappa shape index (κ2) is 5.79. The van der Waals surface area contributed by atoms with Crippen molar-refractivity contribution in [1.29, 1.82) is 0 Å². The lowest BCUT2D eigenvalue weighted by Crippen LogP contribution is -1.84. The standard InChI is InChI=1S/C11H12N2.2ClH/c1-8-5-9(2)7-10(6-8)11-12-3-4-13-11;;/h3-7H,1-2H3,(H,12,13);2*1H.